The van der Waals surface area contributed by atoms with E-state index in [0.29, 0.717) is 25.9 Å². The Kier molecular flexibility index (Phi) is 3.92. The summed E-state index contributed by atoms with van der Waals surface area (Å²) in [6.07, 6.45) is 2.93. The van der Waals surface area contributed by atoms with Gasteiger partial charge in [0.05, 0.1) is 12.0 Å². The van der Waals surface area contributed by atoms with Gasteiger partial charge >= 0.3 is 5.97 Å². The lowest BCUT2D eigenvalue weighted by Crippen LogP contribution is -2.48. The molecule has 1 unspecified atom stereocenters. The average molecular weight is 288 g/mol. The molecule has 5 nitrogen and oxygen atoms in total. The molecular weight excluding hydrogens is 268 g/mol. The number of aryl methyl sites for hydroxylation is 1. The van der Waals surface area contributed by atoms with E-state index in [-0.39, 0.29) is 17.9 Å². The molecule has 1 amide bonds. The number of nitrogens with one attached hydrogen (secondary N) is 1. The first kappa shape index (κ1) is 14.1. The first-order valence-electron chi connectivity index (χ1n) is 7.51. The van der Waals surface area contributed by atoms with Gasteiger partial charge in [-0.05, 0) is 50.4 Å². The maximum Gasteiger partial charge on any atom is 0.306 e. The van der Waals surface area contributed by atoms with Crippen LogP contribution in [0.5, 0.6) is 0 Å². The summed E-state index contributed by atoms with van der Waals surface area (Å²) in [5.41, 5.74) is 2.08. The Morgan fingerprint density at radius 1 is 1.19 bits per heavy atom. The molecule has 1 aromatic carbocycles. The van der Waals surface area contributed by atoms with E-state index >= 15 is 0 Å². The third-order valence-corrected chi connectivity index (χ3v) is 4.58. The van der Waals surface area contributed by atoms with E-state index in [9.17, 15) is 9.59 Å². The van der Waals surface area contributed by atoms with Gasteiger partial charge in [-0.25, -0.2) is 0 Å². The van der Waals surface area contributed by atoms with Gasteiger partial charge in [-0.2, -0.15) is 0 Å². The van der Waals surface area contributed by atoms with Crippen molar-refractivity contribution in [2.75, 3.05) is 18.4 Å². The molecule has 2 heterocycles. The van der Waals surface area contributed by atoms with Crippen LogP contribution in [0.4, 0.5) is 5.69 Å². The second-order valence-electron chi connectivity index (χ2n) is 5.85. The van der Waals surface area contributed by atoms with Crippen molar-refractivity contribution in [1.82, 2.24) is 4.90 Å². The summed E-state index contributed by atoms with van der Waals surface area (Å²) >= 11 is 0. The van der Waals surface area contributed by atoms with Crippen LogP contribution in [0.25, 0.3) is 0 Å². The number of carbonyl (C=O) groups is 2. The van der Waals surface area contributed by atoms with Crippen molar-refractivity contribution < 1.29 is 14.7 Å². The van der Waals surface area contributed by atoms with Crippen LogP contribution in [0.15, 0.2) is 24.3 Å². The number of benzene rings is 1. The predicted octanol–water partition coefficient (Wildman–Crippen LogP) is 1.74. The number of amides is 1. The molecule has 1 aromatic rings. The highest BCUT2D eigenvalue weighted by atomic mass is 16.4. The third-order valence-electron chi connectivity index (χ3n) is 4.58. The van der Waals surface area contributed by atoms with Crippen LogP contribution >= 0.6 is 0 Å². The molecule has 1 atom stereocenters. The molecule has 2 N–H and O–H groups in total. The van der Waals surface area contributed by atoms with E-state index in [1.807, 2.05) is 18.2 Å². The summed E-state index contributed by atoms with van der Waals surface area (Å²) in [5.74, 6) is -0.937. The van der Waals surface area contributed by atoms with E-state index in [1.54, 1.807) is 0 Å². The minimum Gasteiger partial charge on any atom is -0.481 e. The summed E-state index contributed by atoms with van der Waals surface area (Å²) in [6.45, 7) is 1.37. The minimum atomic E-state index is -0.715. The molecule has 0 aliphatic carbocycles. The van der Waals surface area contributed by atoms with Crippen LogP contribution < -0.4 is 5.32 Å². The number of carboxylic acids is 1. The van der Waals surface area contributed by atoms with Crippen molar-refractivity contribution in [1.29, 1.82) is 0 Å². The fourth-order valence-corrected chi connectivity index (χ4v) is 3.31. The fraction of sp³-hybridized carbons (Fsp3) is 0.500. The lowest BCUT2D eigenvalue weighted by molar-refractivity contribution is -0.143. The molecule has 0 aromatic heterocycles. The van der Waals surface area contributed by atoms with Crippen molar-refractivity contribution >= 4 is 17.6 Å². The number of nitrogens with zero attached hydrogens (tertiary/aromatic N) is 1. The smallest absolute Gasteiger partial charge is 0.306 e. The van der Waals surface area contributed by atoms with Crippen LogP contribution in [0, 0.1) is 5.92 Å². The molecule has 2 aliphatic heterocycles. The molecule has 3 rings (SSSR count). The van der Waals surface area contributed by atoms with E-state index in [4.69, 9.17) is 5.11 Å². The molecule has 21 heavy (non-hydrogen) atoms. The van der Waals surface area contributed by atoms with E-state index in [2.05, 4.69) is 16.3 Å². The number of hydrogen-bond donors (Lipinski definition) is 2. The van der Waals surface area contributed by atoms with E-state index in [1.165, 1.54) is 5.56 Å². The van der Waals surface area contributed by atoms with Crippen LogP contribution in [0.3, 0.4) is 0 Å². The number of aliphatic carboxylic acids is 1. The highest BCUT2D eigenvalue weighted by Gasteiger charge is 2.33. The number of hydrogen-bond acceptors (Lipinski definition) is 3. The van der Waals surface area contributed by atoms with Crippen LogP contribution in [-0.2, 0) is 16.0 Å². The van der Waals surface area contributed by atoms with Crippen LogP contribution in [-0.4, -0.2) is 41.0 Å². The van der Waals surface area contributed by atoms with Crippen LogP contribution in [0.2, 0.25) is 0 Å². The van der Waals surface area contributed by atoms with Crippen molar-refractivity contribution in [3.8, 4) is 0 Å². The summed E-state index contributed by atoms with van der Waals surface area (Å²) in [6, 6.07) is 7.76. The normalized spacial score (nSPS) is 24.0. The second kappa shape index (κ2) is 5.85. The predicted molar refractivity (Wildman–Crippen MR) is 79.1 cm³/mol. The Morgan fingerprint density at radius 2 is 1.90 bits per heavy atom. The lowest BCUT2D eigenvalue weighted by atomic mass is 9.95. The molecule has 0 saturated carbocycles. The summed E-state index contributed by atoms with van der Waals surface area (Å²) in [4.78, 5) is 25.6. The number of piperidine rings is 1. The summed E-state index contributed by atoms with van der Waals surface area (Å²) in [7, 11) is 0. The van der Waals surface area contributed by atoms with Gasteiger partial charge < -0.3 is 10.4 Å². The average Bonchev–Trinajstić information content (AvgIpc) is 2.65. The van der Waals surface area contributed by atoms with Gasteiger partial charge in [0.15, 0.2) is 0 Å². The van der Waals surface area contributed by atoms with Gasteiger partial charge in [0.25, 0.3) is 0 Å². The molecular formula is C16H20N2O3. The molecule has 0 radical (unpaired) electrons. The quantitative estimate of drug-likeness (QED) is 0.869. The standard InChI is InChI=1S/C16H20N2O3/c19-15-14(18-9-7-12(8-10-18)16(20)21)6-5-11-3-1-2-4-13(11)17-15/h1-4,12,14H,5-10H2,(H,17,19)(H,20,21). The van der Waals surface area contributed by atoms with Gasteiger partial charge in [0.2, 0.25) is 5.91 Å². The number of rotatable bonds is 2. The maximum absolute atomic E-state index is 12.4. The summed E-state index contributed by atoms with van der Waals surface area (Å²) < 4.78 is 0. The Hall–Kier alpha value is -1.88. The van der Waals surface area contributed by atoms with Crippen LogP contribution in [0.1, 0.15) is 24.8 Å². The first-order chi connectivity index (χ1) is 10.1. The van der Waals surface area contributed by atoms with Crippen molar-refractivity contribution in [3.63, 3.8) is 0 Å². The topological polar surface area (TPSA) is 69.6 Å². The fourth-order valence-electron chi connectivity index (χ4n) is 3.31. The molecule has 5 heteroatoms. The van der Waals surface area contributed by atoms with Gasteiger partial charge in [0, 0.05) is 5.69 Å². The molecule has 112 valence electrons. The summed E-state index contributed by atoms with van der Waals surface area (Å²) in [5, 5.41) is 12.1. The zero-order valence-electron chi connectivity index (χ0n) is 11.9. The molecule has 2 aliphatic rings. The monoisotopic (exact) mass is 288 g/mol. The number of anilines is 1. The maximum atomic E-state index is 12.4. The number of carbonyl (C=O) groups excluding carboxylic acids is 1. The molecule has 0 spiro atoms. The lowest BCUT2D eigenvalue weighted by Gasteiger charge is -2.35. The minimum absolute atomic E-state index is 0.0359. The number of para-hydroxylation sites is 1. The van der Waals surface area contributed by atoms with Gasteiger partial charge in [-0.15, -0.1) is 0 Å². The third kappa shape index (κ3) is 2.93. The van der Waals surface area contributed by atoms with Crippen molar-refractivity contribution in [3.05, 3.63) is 29.8 Å². The Bertz CT molecular complexity index is 550. The van der Waals surface area contributed by atoms with E-state index < -0.39 is 5.97 Å². The number of fused-ring (bicyclic) bond motifs is 1. The molecule has 1 saturated heterocycles. The van der Waals surface area contributed by atoms with E-state index in [0.717, 1.165) is 18.5 Å². The highest BCUT2D eigenvalue weighted by molar-refractivity contribution is 5.96. The Balaban J connectivity index is 1.68. The van der Waals surface area contributed by atoms with Gasteiger partial charge in [0.1, 0.15) is 0 Å². The highest BCUT2D eigenvalue weighted by Crippen LogP contribution is 2.26. The van der Waals surface area contributed by atoms with Gasteiger partial charge in [-0.1, -0.05) is 18.2 Å². The second-order valence-corrected chi connectivity index (χ2v) is 5.85. The number of likely N-dealkylation sites (tertiary alicyclic amines) is 1. The molecule has 0 bridgehead atoms. The molecule has 1 fully saturated rings. The largest absolute Gasteiger partial charge is 0.481 e. The van der Waals surface area contributed by atoms with Crippen molar-refractivity contribution in [2.24, 2.45) is 5.92 Å². The van der Waals surface area contributed by atoms with Crippen molar-refractivity contribution in [2.45, 2.75) is 31.7 Å². The zero-order chi connectivity index (χ0) is 14.8. The SMILES string of the molecule is O=C(O)C1CCN(C2CCc3ccccc3NC2=O)CC1. The van der Waals surface area contributed by atoms with Gasteiger partial charge in [-0.3, -0.25) is 14.5 Å². The Morgan fingerprint density at radius 3 is 2.62 bits per heavy atom. The number of carboxylic acid groups (broad SMARTS) is 1. The first-order valence-corrected chi connectivity index (χ1v) is 7.51. The zero-order valence-corrected chi connectivity index (χ0v) is 11.9. The Labute approximate surface area is 123 Å².